The number of para-hydroxylation sites is 5. The monoisotopic (exact) mass is 892 g/mol. The summed E-state index contributed by atoms with van der Waals surface area (Å²) in [6.07, 6.45) is 0. The molecule has 1 heterocycles. The quantitative estimate of drug-likeness (QED) is 0.152. The molecule has 70 heavy (non-hydrogen) atoms. The predicted octanol–water partition coefficient (Wildman–Crippen LogP) is 18.2. The number of rotatable bonds is 8. The molecule has 14 rings (SSSR count). The van der Waals surface area contributed by atoms with Crippen LogP contribution in [0.15, 0.2) is 271 Å². The Morgan fingerprint density at radius 1 is 0.286 bits per heavy atom. The Morgan fingerprint density at radius 3 is 1.30 bits per heavy atom. The van der Waals surface area contributed by atoms with Crippen LogP contribution in [0.5, 0.6) is 0 Å². The number of anilines is 6. The molecule has 0 atom stereocenters. The van der Waals surface area contributed by atoms with Crippen LogP contribution < -0.4 is 9.80 Å². The average Bonchev–Trinajstić information content (AvgIpc) is 4.07. The van der Waals surface area contributed by atoms with Gasteiger partial charge >= 0.3 is 0 Å². The van der Waals surface area contributed by atoms with Gasteiger partial charge < -0.3 is 14.2 Å². The van der Waals surface area contributed by atoms with Crippen molar-refractivity contribution in [3.63, 3.8) is 0 Å². The summed E-state index contributed by atoms with van der Waals surface area (Å²) in [7, 11) is 0. The van der Waals surface area contributed by atoms with Crippen molar-refractivity contribution in [2.45, 2.75) is 5.41 Å². The van der Waals surface area contributed by atoms with E-state index in [-0.39, 0.29) is 0 Å². The van der Waals surface area contributed by atoms with Crippen LogP contribution in [-0.2, 0) is 5.41 Å². The zero-order chi connectivity index (χ0) is 46.2. The lowest BCUT2D eigenvalue weighted by atomic mass is 9.70. The van der Waals surface area contributed by atoms with Crippen molar-refractivity contribution in [3.05, 3.63) is 289 Å². The third-order valence-electron chi connectivity index (χ3n) is 14.7. The number of nitrogens with zero attached hydrogens (tertiary/aromatic N) is 2. The van der Waals surface area contributed by atoms with Crippen LogP contribution in [-0.4, -0.2) is 0 Å². The molecular formula is C67H44N2O. The Balaban J connectivity index is 1.07. The van der Waals surface area contributed by atoms with Crippen molar-refractivity contribution in [3.8, 4) is 44.5 Å². The molecule has 1 aromatic heterocycles. The van der Waals surface area contributed by atoms with Gasteiger partial charge in [0.05, 0.1) is 16.8 Å². The minimum Gasteiger partial charge on any atom is -0.455 e. The van der Waals surface area contributed by atoms with Crippen molar-refractivity contribution in [1.29, 1.82) is 0 Å². The minimum absolute atomic E-state index is 0.710. The largest absolute Gasteiger partial charge is 0.455 e. The van der Waals surface area contributed by atoms with Gasteiger partial charge in [0, 0.05) is 50.2 Å². The maximum Gasteiger partial charge on any atom is 0.143 e. The Bertz CT molecular complexity index is 3780. The average molecular weight is 893 g/mol. The molecule has 0 fully saturated rings. The molecule has 2 aliphatic carbocycles. The van der Waals surface area contributed by atoms with Crippen molar-refractivity contribution in [1.82, 2.24) is 0 Å². The van der Waals surface area contributed by atoms with Gasteiger partial charge in [-0.2, -0.15) is 0 Å². The standard InChI is InChI=1S/C67H44N2O/c1-5-21-45(22-6-1)51-29-14-18-34-62(51)68(47-25-9-3-10-26-47)49-37-39-53-54-40-38-50(69(48-27-11-4-12-28-48)63-35-19-15-30-52(63)46-23-7-2-8-24-46)44-61(54)67(60(53)43-49)58-33-17-13-32-57(58)65-59(67)42-41-56-55-31-16-20-36-64(55)70-66(56)65/h1-44H. The van der Waals surface area contributed by atoms with Crippen LogP contribution >= 0.6 is 0 Å². The summed E-state index contributed by atoms with van der Waals surface area (Å²) in [6.45, 7) is 0. The summed E-state index contributed by atoms with van der Waals surface area (Å²) in [5.74, 6) is 0. The van der Waals surface area contributed by atoms with Crippen LogP contribution in [0.25, 0.3) is 66.4 Å². The highest BCUT2D eigenvalue weighted by Gasteiger charge is 2.53. The van der Waals surface area contributed by atoms with Gasteiger partial charge in [0.15, 0.2) is 0 Å². The van der Waals surface area contributed by atoms with E-state index in [1.165, 1.54) is 50.1 Å². The molecule has 3 heteroatoms. The van der Waals surface area contributed by atoms with E-state index in [1.807, 2.05) is 0 Å². The van der Waals surface area contributed by atoms with Crippen molar-refractivity contribution < 1.29 is 4.42 Å². The highest BCUT2D eigenvalue weighted by molar-refractivity contribution is 6.13. The predicted molar refractivity (Wildman–Crippen MR) is 290 cm³/mol. The molecule has 0 N–H and O–H groups in total. The summed E-state index contributed by atoms with van der Waals surface area (Å²) < 4.78 is 6.98. The summed E-state index contributed by atoms with van der Waals surface area (Å²) in [4.78, 5) is 4.87. The molecule has 12 aromatic rings. The second kappa shape index (κ2) is 16.0. The highest BCUT2D eigenvalue weighted by Crippen LogP contribution is 2.65. The first kappa shape index (κ1) is 39.9. The number of benzene rings is 11. The van der Waals surface area contributed by atoms with Gasteiger partial charge in [0.1, 0.15) is 11.2 Å². The first-order valence-corrected chi connectivity index (χ1v) is 24.1. The number of fused-ring (bicyclic) bond motifs is 14. The summed E-state index contributed by atoms with van der Waals surface area (Å²) in [5.41, 5.74) is 22.1. The number of hydrogen-bond donors (Lipinski definition) is 0. The van der Waals surface area contributed by atoms with Crippen LogP contribution in [0.2, 0.25) is 0 Å². The molecule has 0 radical (unpaired) electrons. The van der Waals surface area contributed by atoms with Crippen LogP contribution in [0.1, 0.15) is 22.3 Å². The SMILES string of the molecule is c1ccc(-c2ccccc2N(c2ccccc2)c2ccc3c(c2)C2(c4cc(N(c5ccccc5)c5ccccc5-c5ccccc5)ccc4-3)c3ccccc3-c3c2ccc2c3oc3ccccc32)cc1. The van der Waals surface area contributed by atoms with E-state index in [2.05, 4.69) is 277 Å². The van der Waals surface area contributed by atoms with Gasteiger partial charge in [0.2, 0.25) is 0 Å². The van der Waals surface area contributed by atoms with E-state index >= 15 is 0 Å². The zero-order valence-corrected chi connectivity index (χ0v) is 38.2. The fourth-order valence-corrected chi connectivity index (χ4v) is 11.8. The van der Waals surface area contributed by atoms with E-state index < -0.39 is 5.41 Å². The lowest BCUT2D eigenvalue weighted by Crippen LogP contribution is -2.26. The first-order chi connectivity index (χ1) is 34.8. The topological polar surface area (TPSA) is 19.6 Å². The van der Waals surface area contributed by atoms with E-state index in [1.54, 1.807) is 0 Å². The minimum atomic E-state index is -0.710. The summed E-state index contributed by atoms with van der Waals surface area (Å²) in [6, 6.07) is 97.2. The molecule has 0 bridgehead atoms. The molecule has 0 unspecified atom stereocenters. The second-order valence-electron chi connectivity index (χ2n) is 18.3. The zero-order valence-electron chi connectivity index (χ0n) is 38.2. The third kappa shape index (κ3) is 5.95. The Kier molecular flexibility index (Phi) is 9.11. The second-order valence-corrected chi connectivity index (χ2v) is 18.3. The third-order valence-corrected chi connectivity index (χ3v) is 14.7. The van der Waals surface area contributed by atoms with E-state index in [0.29, 0.717) is 0 Å². The Labute approximate surface area is 407 Å². The fraction of sp³-hybridized carbons (Fsp3) is 0.0149. The van der Waals surface area contributed by atoms with Gasteiger partial charge in [-0.25, -0.2) is 0 Å². The lowest BCUT2D eigenvalue weighted by molar-refractivity contribution is 0.669. The lowest BCUT2D eigenvalue weighted by Gasteiger charge is -2.34. The van der Waals surface area contributed by atoms with Gasteiger partial charge in [0.25, 0.3) is 0 Å². The molecular weight excluding hydrogens is 849 g/mol. The number of hydrogen-bond acceptors (Lipinski definition) is 3. The fourth-order valence-electron chi connectivity index (χ4n) is 11.8. The maximum atomic E-state index is 6.98. The molecule has 328 valence electrons. The maximum absolute atomic E-state index is 6.98. The molecule has 0 saturated heterocycles. The van der Waals surface area contributed by atoms with Gasteiger partial charge in [-0.1, -0.05) is 200 Å². The normalized spacial score (nSPS) is 12.7. The molecule has 11 aromatic carbocycles. The van der Waals surface area contributed by atoms with E-state index in [9.17, 15) is 0 Å². The summed E-state index contributed by atoms with van der Waals surface area (Å²) >= 11 is 0. The molecule has 3 nitrogen and oxygen atoms in total. The van der Waals surface area contributed by atoms with Gasteiger partial charge in [-0.05, 0) is 117 Å². The highest BCUT2D eigenvalue weighted by atomic mass is 16.3. The molecule has 1 spiro atoms. The Hall–Kier alpha value is -9.18. The number of furan rings is 1. The van der Waals surface area contributed by atoms with Crippen LogP contribution in [0.3, 0.4) is 0 Å². The molecule has 0 aliphatic heterocycles. The smallest absolute Gasteiger partial charge is 0.143 e. The van der Waals surface area contributed by atoms with Gasteiger partial charge in [-0.15, -0.1) is 0 Å². The molecule has 0 amide bonds. The van der Waals surface area contributed by atoms with E-state index in [0.717, 1.165) is 72.8 Å². The first-order valence-electron chi connectivity index (χ1n) is 24.1. The molecule has 2 aliphatic rings. The van der Waals surface area contributed by atoms with Crippen LogP contribution in [0, 0.1) is 0 Å². The van der Waals surface area contributed by atoms with Gasteiger partial charge in [-0.3, -0.25) is 0 Å². The van der Waals surface area contributed by atoms with Crippen molar-refractivity contribution >= 4 is 56.1 Å². The van der Waals surface area contributed by atoms with Crippen molar-refractivity contribution in [2.75, 3.05) is 9.80 Å². The van der Waals surface area contributed by atoms with E-state index in [4.69, 9.17) is 4.42 Å². The van der Waals surface area contributed by atoms with Crippen molar-refractivity contribution in [2.24, 2.45) is 0 Å². The summed E-state index contributed by atoms with van der Waals surface area (Å²) in [5, 5.41) is 2.25. The molecule has 0 saturated carbocycles. The van der Waals surface area contributed by atoms with Crippen LogP contribution in [0.4, 0.5) is 34.1 Å². The Morgan fingerprint density at radius 2 is 0.743 bits per heavy atom.